The highest BCUT2D eigenvalue weighted by atomic mass is 32.1. The molecule has 3 nitrogen and oxygen atoms in total. The van der Waals surface area contributed by atoms with Gasteiger partial charge in [0, 0.05) is 13.6 Å². The fourth-order valence-electron chi connectivity index (χ4n) is 1.24. The largest absolute Gasteiger partial charge is 0.376 e. The van der Waals surface area contributed by atoms with Gasteiger partial charge in [-0.05, 0) is 42.4 Å². The second kappa shape index (κ2) is 4.76. The molecule has 0 fully saturated rings. The zero-order valence-electron chi connectivity index (χ0n) is 8.82. The van der Waals surface area contributed by atoms with E-state index in [4.69, 9.17) is 23.2 Å². The summed E-state index contributed by atoms with van der Waals surface area (Å²) in [5.41, 5.74) is 8.37. The van der Waals surface area contributed by atoms with Gasteiger partial charge in [-0.15, -0.1) is 0 Å². The minimum absolute atomic E-state index is 0.358. The van der Waals surface area contributed by atoms with E-state index < -0.39 is 0 Å². The van der Waals surface area contributed by atoms with Crippen molar-refractivity contribution in [2.75, 3.05) is 7.05 Å². The molecule has 15 heavy (non-hydrogen) atoms. The lowest BCUT2D eigenvalue weighted by Crippen LogP contribution is -2.31. The van der Waals surface area contributed by atoms with Crippen LogP contribution in [0.15, 0.2) is 18.2 Å². The Kier molecular flexibility index (Phi) is 3.64. The van der Waals surface area contributed by atoms with Crippen molar-refractivity contribution in [3.8, 4) is 6.07 Å². The summed E-state index contributed by atoms with van der Waals surface area (Å²) in [4.78, 5) is 1.78. The van der Waals surface area contributed by atoms with Crippen molar-refractivity contribution in [2.24, 2.45) is 5.73 Å². The highest BCUT2D eigenvalue weighted by molar-refractivity contribution is 7.80. The monoisotopic (exact) mass is 219 g/mol. The Morgan fingerprint density at radius 3 is 2.80 bits per heavy atom. The number of rotatable bonds is 2. The van der Waals surface area contributed by atoms with Crippen LogP contribution >= 0.6 is 12.2 Å². The molecule has 0 aliphatic rings. The second-order valence-electron chi connectivity index (χ2n) is 3.45. The third-order valence-electron chi connectivity index (χ3n) is 2.26. The van der Waals surface area contributed by atoms with Crippen LogP contribution in [0.2, 0.25) is 0 Å². The van der Waals surface area contributed by atoms with Crippen molar-refractivity contribution >= 4 is 17.3 Å². The Bertz CT molecular complexity index is 420. The highest BCUT2D eigenvalue weighted by Crippen LogP contribution is 2.12. The molecule has 2 N–H and O–H groups in total. The Labute approximate surface area is 95.1 Å². The van der Waals surface area contributed by atoms with E-state index in [-0.39, 0.29) is 0 Å². The fourth-order valence-corrected chi connectivity index (χ4v) is 1.31. The van der Waals surface area contributed by atoms with Gasteiger partial charge in [0.25, 0.3) is 0 Å². The number of nitrogens with zero attached hydrogens (tertiary/aromatic N) is 2. The van der Waals surface area contributed by atoms with Crippen LogP contribution in [0.1, 0.15) is 16.7 Å². The van der Waals surface area contributed by atoms with Gasteiger partial charge >= 0.3 is 0 Å². The summed E-state index contributed by atoms with van der Waals surface area (Å²) in [6.45, 7) is 2.64. The van der Waals surface area contributed by atoms with E-state index in [2.05, 4.69) is 6.07 Å². The third-order valence-corrected chi connectivity index (χ3v) is 2.57. The topological polar surface area (TPSA) is 53.0 Å². The molecule has 0 bridgehead atoms. The molecule has 0 spiro atoms. The molecule has 0 aromatic heterocycles. The first kappa shape index (κ1) is 11.5. The maximum atomic E-state index is 8.78. The van der Waals surface area contributed by atoms with Crippen LogP contribution in [0.3, 0.4) is 0 Å². The van der Waals surface area contributed by atoms with Crippen LogP contribution in [0.4, 0.5) is 0 Å². The molecule has 0 saturated heterocycles. The number of aryl methyl sites for hydroxylation is 1. The van der Waals surface area contributed by atoms with Crippen molar-refractivity contribution in [1.29, 1.82) is 5.26 Å². The Hall–Kier alpha value is -1.60. The van der Waals surface area contributed by atoms with E-state index in [9.17, 15) is 0 Å². The van der Waals surface area contributed by atoms with Crippen LogP contribution in [-0.2, 0) is 6.54 Å². The number of nitrogens with two attached hydrogens (primary N) is 1. The molecule has 0 unspecified atom stereocenters. The maximum Gasteiger partial charge on any atom is 0.166 e. The molecule has 0 heterocycles. The van der Waals surface area contributed by atoms with Crippen LogP contribution in [-0.4, -0.2) is 17.1 Å². The standard InChI is InChI=1S/C11H13N3S/c1-8-3-4-9(6-12)5-10(8)7-14(2)11(13)15/h3-5H,7H2,1-2H3,(H2,13,15). The summed E-state index contributed by atoms with van der Waals surface area (Å²) in [6.07, 6.45) is 0. The summed E-state index contributed by atoms with van der Waals surface area (Å²) in [7, 11) is 1.83. The Morgan fingerprint density at radius 1 is 1.60 bits per heavy atom. The maximum absolute atomic E-state index is 8.78. The zero-order chi connectivity index (χ0) is 11.4. The number of hydrogen-bond acceptors (Lipinski definition) is 2. The van der Waals surface area contributed by atoms with Crippen LogP contribution in [0.5, 0.6) is 0 Å². The van der Waals surface area contributed by atoms with E-state index in [0.717, 1.165) is 11.1 Å². The predicted molar refractivity (Wildman–Crippen MR) is 64.1 cm³/mol. The molecule has 4 heteroatoms. The first-order chi connectivity index (χ1) is 7.04. The molecule has 78 valence electrons. The molecule has 1 aromatic carbocycles. The van der Waals surface area contributed by atoms with Crippen molar-refractivity contribution in [1.82, 2.24) is 4.90 Å². The van der Waals surface area contributed by atoms with Gasteiger partial charge < -0.3 is 10.6 Å². The Morgan fingerprint density at radius 2 is 2.27 bits per heavy atom. The normalized spacial score (nSPS) is 9.40. The average molecular weight is 219 g/mol. The summed E-state index contributed by atoms with van der Waals surface area (Å²) >= 11 is 4.86. The van der Waals surface area contributed by atoms with Gasteiger partial charge in [0.05, 0.1) is 11.6 Å². The number of nitriles is 1. The number of benzene rings is 1. The molecule has 0 aliphatic heterocycles. The van der Waals surface area contributed by atoms with E-state index in [1.807, 2.05) is 26.1 Å². The Balaban J connectivity index is 2.94. The lowest BCUT2D eigenvalue weighted by molar-refractivity contribution is 0.503. The summed E-state index contributed by atoms with van der Waals surface area (Å²) in [5, 5.41) is 9.14. The molecule has 1 rings (SSSR count). The fraction of sp³-hybridized carbons (Fsp3) is 0.273. The average Bonchev–Trinajstić information content (AvgIpc) is 2.21. The first-order valence-electron chi connectivity index (χ1n) is 4.55. The summed E-state index contributed by atoms with van der Waals surface area (Å²) < 4.78 is 0. The van der Waals surface area contributed by atoms with E-state index in [1.165, 1.54) is 0 Å². The molecular formula is C11H13N3S. The number of hydrogen-bond donors (Lipinski definition) is 1. The first-order valence-corrected chi connectivity index (χ1v) is 4.95. The summed E-state index contributed by atoms with van der Waals surface area (Å²) in [5.74, 6) is 0. The minimum Gasteiger partial charge on any atom is -0.376 e. The van der Waals surface area contributed by atoms with E-state index in [0.29, 0.717) is 17.2 Å². The molecule has 0 amide bonds. The number of thiocarbonyl (C=S) groups is 1. The van der Waals surface area contributed by atoms with Crippen LogP contribution < -0.4 is 5.73 Å². The van der Waals surface area contributed by atoms with Gasteiger partial charge in [-0.1, -0.05) is 6.07 Å². The van der Waals surface area contributed by atoms with Crippen molar-refractivity contribution in [2.45, 2.75) is 13.5 Å². The zero-order valence-corrected chi connectivity index (χ0v) is 9.64. The van der Waals surface area contributed by atoms with Crippen molar-refractivity contribution in [3.05, 3.63) is 34.9 Å². The van der Waals surface area contributed by atoms with Crippen molar-refractivity contribution < 1.29 is 0 Å². The lowest BCUT2D eigenvalue weighted by Gasteiger charge is -2.18. The predicted octanol–water partition coefficient (Wildman–Crippen LogP) is 1.54. The van der Waals surface area contributed by atoms with Gasteiger partial charge in [0.2, 0.25) is 0 Å². The lowest BCUT2D eigenvalue weighted by atomic mass is 10.1. The molecular weight excluding hydrogens is 206 g/mol. The van der Waals surface area contributed by atoms with Gasteiger partial charge in [-0.25, -0.2) is 0 Å². The van der Waals surface area contributed by atoms with Gasteiger partial charge in [-0.2, -0.15) is 5.26 Å². The summed E-state index contributed by atoms with van der Waals surface area (Å²) in [6, 6.07) is 7.72. The molecule has 0 aliphatic carbocycles. The molecule has 0 radical (unpaired) electrons. The van der Waals surface area contributed by atoms with Crippen molar-refractivity contribution in [3.63, 3.8) is 0 Å². The second-order valence-corrected chi connectivity index (χ2v) is 3.87. The van der Waals surface area contributed by atoms with Crippen LogP contribution in [0.25, 0.3) is 0 Å². The molecule has 0 saturated carbocycles. The smallest absolute Gasteiger partial charge is 0.166 e. The quantitative estimate of drug-likeness (QED) is 0.767. The third kappa shape index (κ3) is 2.93. The van der Waals surface area contributed by atoms with Gasteiger partial charge in [0.15, 0.2) is 5.11 Å². The van der Waals surface area contributed by atoms with E-state index >= 15 is 0 Å². The molecule has 1 aromatic rings. The van der Waals surface area contributed by atoms with Gasteiger partial charge in [-0.3, -0.25) is 0 Å². The van der Waals surface area contributed by atoms with E-state index in [1.54, 1.807) is 11.0 Å². The van der Waals surface area contributed by atoms with Gasteiger partial charge in [0.1, 0.15) is 0 Å². The minimum atomic E-state index is 0.358. The SMILES string of the molecule is Cc1ccc(C#N)cc1CN(C)C(N)=S. The van der Waals surface area contributed by atoms with Crippen LogP contribution in [0, 0.1) is 18.3 Å². The highest BCUT2D eigenvalue weighted by Gasteiger charge is 2.05. The molecule has 0 atom stereocenters.